The Morgan fingerprint density at radius 3 is 1.00 bits per heavy atom. The van der Waals surface area contributed by atoms with Gasteiger partial charge in [0.2, 0.25) is 0 Å². The molecule has 8 heteroatoms. The Morgan fingerprint density at radius 2 is 0.639 bits per heavy atom. The van der Waals surface area contributed by atoms with Crippen LogP contribution in [0.2, 0.25) is 0 Å². The number of ether oxygens (including phenoxy) is 4. The van der Waals surface area contributed by atoms with Crippen molar-refractivity contribution in [2.24, 2.45) is 0 Å². The molecule has 7 nitrogen and oxygen atoms in total. The number of aromatic nitrogens is 2. The van der Waals surface area contributed by atoms with E-state index in [0.29, 0.717) is 0 Å². The SMILES string of the molecule is COc1ccc2c(c1)c1cc(OC)ccc1n2-c1cccc(-c2ccc3c(c2)-c2ccccc2S32(=O)c3ccccc3-c3cc(-c4cccc(-n5c6ccc(OC)cc6c6cc(OC)ccc65)c4)ccc32)c1. The first-order chi connectivity index (χ1) is 35.3. The van der Waals surface area contributed by atoms with E-state index in [1.165, 1.54) is 0 Å². The van der Waals surface area contributed by atoms with Crippen molar-refractivity contribution in [3.05, 3.63) is 206 Å². The van der Waals surface area contributed by atoms with Crippen LogP contribution >= 0.6 is 0 Å². The summed E-state index contributed by atoms with van der Waals surface area (Å²) in [5.74, 6) is 3.19. The average Bonchev–Trinajstić information content (AvgIpc) is 4.12. The number of hydrogen-bond donors (Lipinski definition) is 0. The van der Waals surface area contributed by atoms with Crippen LogP contribution < -0.4 is 18.9 Å². The largest absolute Gasteiger partial charge is 0.497 e. The minimum Gasteiger partial charge on any atom is -0.497 e. The zero-order valence-corrected chi connectivity index (χ0v) is 40.8. The Labute approximate surface area is 416 Å². The molecule has 1 spiro atoms. The van der Waals surface area contributed by atoms with Gasteiger partial charge in [0, 0.05) is 61.6 Å². The molecule has 0 amide bonds. The third-order valence-electron chi connectivity index (χ3n) is 15.2. The molecule has 0 saturated carbocycles. The number of rotatable bonds is 8. The van der Waals surface area contributed by atoms with E-state index < -0.39 is 9.07 Å². The fraction of sp³-hybridized carbons (Fsp3) is 0.0625. The number of methoxy groups -OCH3 is 4. The molecule has 348 valence electrons. The Kier molecular flexibility index (Phi) is 8.95. The summed E-state index contributed by atoms with van der Waals surface area (Å²) in [5, 5.41) is 4.33. The van der Waals surface area contributed by atoms with E-state index in [1.54, 1.807) is 28.4 Å². The molecule has 0 radical (unpaired) electrons. The van der Waals surface area contributed by atoms with Crippen molar-refractivity contribution in [1.82, 2.24) is 9.13 Å². The molecule has 72 heavy (non-hydrogen) atoms. The summed E-state index contributed by atoms with van der Waals surface area (Å²) in [7, 11) is 2.67. The van der Waals surface area contributed by atoms with Crippen molar-refractivity contribution in [3.8, 4) is 78.9 Å². The lowest BCUT2D eigenvalue weighted by atomic mass is 9.99. The molecule has 0 fully saturated rings. The molecule has 0 unspecified atom stereocenters. The highest BCUT2D eigenvalue weighted by molar-refractivity contribution is 8.21. The minimum absolute atomic E-state index is 0.798. The lowest BCUT2D eigenvalue weighted by Crippen LogP contribution is -2.30. The van der Waals surface area contributed by atoms with Crippen molar-refractivity contribution in [3.63, 3.8) is 0 Å². The molecule has 0 N–H and O–H groups in total. The van der Waals surface area contributed by atoms with Crippen LogP contribution in [0.3, 0.4) is 0 Å². The molecule has 12 aromatic rings. The van der Waals surface area contributed by atoms with Gasteiger partial charge in [-0.05, 0) is 178 Å². The van der Waals surface area contributed by atoms with Gasteiger partial charge in [-0.25, -0.2) is 0 Å². The van der Waals surface area contributed by atoms with E-state index >= 15 is 4.21 Å². The van der Waals surface area contributed by atoms with Crippen LogP contribution in [0.15, 0.2) is 226 Å². The molecule has 2 aliphatic heterocycles. The molecule has 10 aromatic carbocycles. The monoisotopic (exact) mass is 954 g/mol. The summed E-state index contributed by atoms with van der Waals surface area (Å²) in [6.45, 7) is 0. The maximum atomic E-state index is 17.6. The van der Waals surface area contributed by atoms with E-state index in [4.69, 9.17) is 18.9 Å². The van der Waals surface area contributed by atoms with Gasteiger partial charge < -0.3 is 28.1 Å². The summed E-state index contributed by atoms with van der Waals surface area (Å²) >= 11 is 0. The summed E-state index contributed by atoms with van der Waals surface area (Å²) in [6, 6.07) is 72.1. The number of fused-ring (bicyclic) bond motifs is 16. The summed E-state index contributed by atoms with van der Waals surface area (Å²) in [4.78, 5) is 3.40. The topological polar surface area (TPSA) is 63.9 Å². The second-order valence-corrected chi connectivity index (χ2v) is 22.3. The first-order valence-electron chi connectivity index (χ1n) is 24.0. The van der Waals surface area contributed by atoms with E-state index in [1.807, 2.05) is 36.4 Å². The van der Waals surface area contributed by atoms with Gasteiger partial charge in [-0.15, -0.1) is 0 Å². The van der Waals surface area contributed by atoms with Crippen molar-refractivity contribution < 1.29 is 23.2 Å². The first-order valence-corrected chi connectivity index (χ1v) is 26.0. The molecular formula is C64H46N2O5S. The molecule has 2 aromatic heterocycles. The lowest BCUT2D eigenvalue weighted by Gasteiger charge is -2.38. The van der Waals surface area contributed by atoms with Gasteiger partial charge >= 0.3 is 0 Å². The van der Waals surface area contributed by atoms with E-state index in [0.717, 1.165) is 142 Å². The highest BCUT2D eigenvalue weighted by atomic mass is 32.3. The van der Waals surface area contributed by atoms with Crippen molar-refractivity contribution in [2.45, 2.75) is 19.6 Å². The third kappa shape index (κ3) is 5.58. The Balaban J connectivity index is 0.910. The van der Waals surface area contributed by atoms with Crippen LogP contribution in [0.25, 0.3) is 99.5 Å². The molecule has 14 rings (SSSR count). The second kappa shape index (κ2) is 15.3. The molecule has 2 aliphatic rings. The van der Waals surface area contributed by atoms with Gasteiger partial charge in [-0.1, -0.05) is 72.8 Å². The quantitative estimate of drug-likeness (QED) is 0.152. The van der Waals surface area contributed by atoms with Crippen molar-refractivity contribution >= 4 is 52.7 Å². The minimum atomic E-state index is -4.12. The fourth-order valence-electron chi connectivity index (χ4n) is 12.0. The summed E-state index contributed by atoms with van der Waals surface area (Å²) in [5.41, 5.74) is 14.5. The van der Waals surface area contributed by atoms with Crippen LogP contribution in [0.4, 0.5) is 0 Å². The van der Waals surface area contributed by atoms with Gasteiger partial charge in [0.05, 0.1) is 50.5 Å². The highest BCUT2D eigenvalue weighted by Gasteiger charge is 2.57. The summed E-state index contributed by atoms with van der Waals surface area (Å²) in [6.07, 6.45) is 0. The predicted octanol–water partition coefficient (Wildman–Crippen LogP) is 15.6. The van der Waals surface area contributed by atoms with Crippen molar-refractivity contribution in [2.75, 3.05) is 28.4 Å². The van der Waals surface area contributed by atoms with Gasteiger partial charge in [0.1, 0.15) is 23.0 Å². The standard InChI is InChI=1S/C64H46N2O5S/c1-68-45-21-25-57-51(35-45)52-36-46(69-2)22-26-58(52)65(57)43-13-9-11-39(31-43)41-19-29-63-55(33-41)49-15-5-7-17-61(49)72(63,67)62-18-8-6-16-50(62)56-34-42(20-30-64(56)72)40-12-10-14-44(32-40)66-59-27-23-47(70-3)37-53(59)54-38-48(71-4)24-28-60(54)66/h5-38H,1-4H3. The summed E-state index contributed by atoms with van der Waals surface area (Å²) < 4.78 is 44.9. The Hall–Kier alpha value is -8.85. The smallest absolute Gasteiger partial charge is 0.119 e. The van der Waals surface area contributed by atoms with Crippen LogP contribution in [0, 0.1) is 0 Å². The zero-order valence-electron chi connectivity index (χ0n) is 40.0. The molecule has 0 aliphatic carbocycles. The first kappa shape index (κ1) is 42.1. The fourth-order valence-corrected chi connectivity index (χ4v) is 17.1. The molecule has 0 atom stereocenters. The number of hydrogen-bond acceptors (Lipinski definition) is 5. The lowest BCUT2D eigenvalue weighted by molar-refractivity contribution is 0.415. The van der Waals surface area contributed by atoms with E-state index in [9.17, 15) is 0 Å². The second-order valence-electron chi connectivity index (χ2n) is 18.7. The molecule has 0 bridgehead atoms. The van der Waals surface area contributed by atoms with E-state index in [-0.39, 0.29) is 0 Å². The van der Waals surface area contributed by atoms with Gasteiger partial charge in [-0.3, -0.25) is 4.21 Å². The average molecular weight is 955 g/mol. The third-order valence-corrected chi connectivity index (χ3v) is 20.0. The van der Waals surface area contributed by atoms with Crippen LogP contribution in [-0.4, -0.2) is 41.8 Å². The zero-order chi connectivity index (χ0) is 48.5. The number of benzene rings is 10. The van der Waals surface area contributed by atoms with Crippen molar-refractivity contribution in [1.29, 1.82) is 0 Å². The van der Waals surface area contributed by atoms with Gasteiger partial charge in [-0.2, -0.15) is 0 Å². The van der Waals surface area contributed by atoms with Crippen LogP contribution in [-0.2, 0) is 9.07 Å². The molecule has 0 saturated heterocycles. The van der Waals surface area contributed by atoms with E-state index in [2.05, 4.69) is 179 Å². The maximum absolute atomic E-state index is 17.6. The Bertz CT molecular complexity index is 3970. The molecular weight excluding hydrogens is 909 g/mol. The Morgan fingerprint density at radius 1 is 0.306 bits per heavy atom. The van der Waals surface area contributed by atoms with Gasteiger partial charge in [0.25, 0.3) is 0 Å². The normalized spacial score (nSPS) is 14.2. The number of nitrogens with zero attached hydrogens (tertiary/aromatic N) is 2. The van der Waals surface area contributed by atoms with Crippen LogP contribution in [0.5, 0.6) is 23.0 Å². The predicted molar refractivity (Wildman–Crippen MR) is 291 cm³/mol. The molecule has 4 heterocycles. The van der Waals surface area contributed by atoms with Gasteiger partial charge in [0.15, 0.2) is 0 Å². The highest BCUT2D eigenvalue weighted by Crippen LogP contribution is 2.71. The maximum Gasteiger partial charge on any atom is 0.119 e. The van der Waals surface area contributed by atoms with Crippen LogP contribution in [0.1, 0.15) is 0 Å².